The minimum atomic E-state index is -2.33. The number of nitrogens with zero attached hydrogens (tertiary/aromatic N) is 2. The molecule has 7 heteroatoms. The van der Waals surface area contributed by atoms with E-state index in [1.807, 2.05) is 0 Å². The summed E-state index contributed by atoms with van der Waals surface area (Å²) < 4.78 is 25.6. The number of nitrogen functional groups attached to an aromatic ring is 1. The highest BCUT2D eigenvalue weighted by atomic mass is 35.5. The number of halogens is 3. The zero-order valence-corrected chi connectivity index (χ0v) is 10.0. The van der Waals surface area contributed by atoms with Crippen LogP contribution >= 0.6 is 11.6 Å². The van der Waals surface area contributed by atoms with E-state index in [1.165, 1.54) is 0 Å². The van der Waals surface area contributed by atoms with Crippen LogP contribution < -0.4 is 5.73 Å². The van der Waals surface area contributed by atoms with Crippen LogP contribution in [-0.2, 0) is 5.41 Å². The maximum absolute atomic E-state index is 12.8. The van der Waals surface area contributed by atoms with Crippen molar-refractivity contribution in [2.24, 2.45) is 5.41 Å². The van der Waals surface area contributed by atoms with Crippen LogP contribution in [0.5, 0.6) is 0 Å². The Kier molecular flexibility index (Phi) is 2.21. The van der Waals surface area contributed by atoms with Gasteiger partial charge in [-0.15, -0.1) is 0 Å². The van der Waals surface area contributed by atoms with Gasteiger partial charge in [-0.05, 0) is 30.9 Å². The maximum Gasteiger partial charge on any atom is 0.244 e. The van der Waals surface area contributed by atoms with Crippen molar-refractivity contribution in [3.8, 4) is 0 Å². The molecule has 0 spiro atoms. The highest BCUT2D eigenvalue weighted by molar-refractivity contribution is 6.28. The Morgan fingerprint density at radius 2 is 1.94 bits per heavy atom. The van der Waals surface area contributed by atoms with Gasteiger partial charge in [-0.2, -0.15) is 0 Å². The SMILES string of the molecule is Nc1nc(Cl)nc(C23CC(C(F)F)(C2)C3)c1C=O. The van der Waals surface area contributed by atoms with Crippen molar-refractivity contribution in [1.29, 1.82) is 0 Å². The summed E-state index contributed by atoms with van der Waals surface area (Å²) in [4.78, 5) is 18.8. The van der Waals surface area contributed by atoms with Crippen LogP contribution in [0.1, 0.15) is 35.3 Å². The van der Waals surface area contributed by atoms with Gasteiger partial charge in [-0.25, -0.2) is 18.7 Å². The van der Waals surface area contributed by atoms with Gasteiger partial charge < -0.3 is 5.73 Å². The highest BCUT2D eigenvalue weighted by Crippen LogP contribution is 2.75. The molecule has 2 N–H and O–H groups in total. The van der Waals surface area contributed by atoms with Crippen molar-refractivity contribution in [2.45, 2.75) is 31.1 Å². The molecular formula is C11H10ClF2N3O. The predicted octanol–water partition coefficient (Wildman–Crippen LogP) is 2.21. The molecular weight excluding hydrogens is 264 g/mol. The second-order valence-electron chi connectivity index (χ2n) is 5.23. The number of rotatable bonds is 3. The summed E-state index contributed by atoms with van der Waals surface area (Å²) in [5.74, 6) is 0.0100. The fraction of sp³-hybridized carbons (Fsp3) is 0.545. The molecule has 1 aromatic heterocycles. The van der Waals surface area contributed by atoms with Gasteiger partial charge in [-0.1, -0.05) is 0 Å². The van der Waals surface area contributed by atoms with Crippen LogP contribution in [0.3, 0.4) is 0 Å². The Labute approximate surface area is 107 Å². The van der Waals surface area contributed by atoms with E-state index in [-0.39, 0.29) is 16.7 Å². The van der Waals surface area contributed by atoms with E-state index in [0.717, 1.165) is 0 Å². The van der Waals surface area contributed by atoms with Gasteiger partial charge in [0.1, 0.15) is 5.82 Å². The first-order valence-electron chi connectivity index (χ1n) is 5.49. The number of aromatic nitrogens is 2. The van der Waals surface area contributed by atoms with Gasteiger partial charge in [-0.3, -0.25) is 4.79 Å². The Bertz CT molecular complexity index is 530. The lowest BCUT2D eigenvalue weighted by molar-refractivity contribution is -0.223. The second kappa shape index (κ2) is 3.38. The highest BCUT2D eigenvalue weighted by Gasteiger charge is 2.73. The summed E-state index contributed by atoms with van der Waals surface area (Å²) in [6, 6.07) is 0. The molecule has 4 rings (SSSR count). The Hall–Kier alpha value is -1.30. The Morgan fingerprint density at radius 3 is 2.44 bits per heavy atom. The van der Waals surface area contributed by atoms with Crippen molar-refractivity contribution in [1.82, 2.24) is 9.97 Å². The number of anilines is 1. The molecule has 1 heterocycles. The first kappa shape index (κ1) is 11.8. The molecule has 0 unspecified atom stereocenters. The summed E-state index contributed by atoms with van der Waals surface area (Å²) in [5, 5.41) is -0.0519. The smallest absolute Gasteiger partial charge is 0.244 e. The van der Waals surface area contributed by atoms with Gasteiger partial charge in [0.25, 0.3) is 0 Å². The number of aldehydes is 1. The summed E-state index contributed by atoms with van der Waals surface area (Å²) in [5.41, 5.74) is 4.88. The Morgan fingerprint density at radius 1 is 1.33 bits per heavy atom. The minimum Gasteiger partial charge on any atom is -0.383 e. The summed E-state index contributed by atoms with van der Waals surface area (Å²) in [6.07, 6.45) is -0.744. The molecule has 18 heavy (non-hydrogen) atoms. The standard InChI is InChI=1S/C11H10ClF2N3O/c12-9-16-6(5(1-18)7(15)17-9)10-2-11(3-10,4-10)8(13)14/h1,8H,2-4H2,(H2,15,16,17). The zero-order valence-electron chi connectivity index (χ0n) is 9.29. The number of carbonyl (C=O) groups is 1. The van der Waals surface area contributed by atoms with E-state index in [0.29, 0.717) is 31.2 Å². The van der Waals surface area contributed by atoms with Gasteiger partial charge in [0.05, 0.1) is 11.3 Å². The van der Waals surface area contributed by atoms with Crippen molar-refractivity contribution in [3.63, 3.8) is 0 Å². The van der Waals surface area contributed by atoms with E-state index in [1.54, 1.807) is 0 Å². The number of carbonyl (C=O) groups excluding carboxylic acids is 1. The molecule has 4 nitrogen and oxygen atoms in total. The average Bonchev–Trinajstić information content (AvgIpc) is 2.11. The molecule has 0 radical (unpaired) electrons. The fourth-order valence-corrected chi connectivity index (χ4v) is 3.50. The van der Waals surface area contributed by atoms with E-state index in [9.17, 15) is 13.6 Å². The second-order valence-corrected chi connectivity index (χ2v) is 5.57. The number of alkyl halides is 2. The molecule has 1 aromatic rings. The van der Waals surface area contributed by atoms with Gasteiger partial charge >= 0.3 is 0 Å². The lowest BCUT2D eigenvalue weighted by Crippen LogP contribution is -2.68. The topological polar surface area (TPSA) is 68.9 Å². The molecule has 0 atom stereocenters. The van der Waals surface area contributed by atoms with Crippen LogP contribution in [-0.4, -0.2) is 22.7 Å². The molecule has 3 saturated carbocycles. The van der Waals surface area contributed by atoms with Gasteiger partial charge in [0.15, 0.2) is 6.29 Å². The molecule has 0 aromatic carbocycles. The van der Waals surface area contributed by atoms with E-state index in [4.69, 9.17) is 17.3 Å². The molecule has 3 fully saturated rings. The van der Waals surface area contributed by atoms with Crippen molar-refractivity contribution in [2.75, 3.05) is 5.73 Å². The summed E-state index contributed by atoms with van der Waals surface area (Å²) in [7, 11) is 0. The molecule has 0 aliphatic heterocycles. The third kappa shape index (κ3) is 1.27. The zero-order chi connectivity index (χ0) is 13.1. The lowest BCUT2D eigenvalue weighted by Gasteiger charge is -2.69. The normalized spacial score (nSPS) is 32.9. The maximum atomic E-state index is 12.8. The molecule has 3 aliphatic carbocycles. The fourth-order valence-electron chi connectivity index (χ4n) is 3.33. The van der Waals surface area contributed by atoms with Crippen LogP contribution in [0.2, 0.25) is 5.28 Å². The first-order chi connectivity index (χ1) is 8.42. The average molecular weight is 274 g/mol. The van der Waals surface area contributed by atoms with Gasteiger partial charge in [0.2, 0.25) is 11.7 Å². The van der Waals surface area contributed by atoms with E-state index < -0.39 is 17.3 Å². The number of hydrogen-bond acceptors (Lipinski definition) is 4. The van der Waals surface area contributed by atoms with Crippen molar-refractivity contribution >= 4 is 23.7 Å². The largest absolute Gasteiger partial charge is 0.383 e. The first-order valence-corrected chi connectivity index (χ1v) is 5.87. The van der Waals surface area contributed by atoms with Crippen LogP contribution in [0.25, 0.3) is 0 Å². The Balaban J connectivity index is 1.99. The molecule has 96 valence electrons. The molecule has 2 bridgehead atoms. The van der Waals surface area contributed by atoms with Crippen LogP contribution in [0.4, 0.5) is 14.6 Å². The molecule has 0 saturated heterocycles. The third-order valence-electron chi connectivity index (χ3n) is 4.10. The number of nitrogens with two attached hydrogens (primary N) is 1. The summed E-state index contributed by atoms with van der Waals surface area (Å²) >= 11 is 5.71. The van der Waals surface area contributed by atoms with Crippen LogP contribution in [0.15, 0.2) is 0 Å². The number of hydrogen-bond donors (Lipinski definition) is 1. The van der Waals surface area contributed by atoms with Gasteiger partial charge in [0, 0.05) is 10.8 Å². The lowest BCUT2D eigenvalue weighted by atomic mass is 9.34. The minimum absolute atomic E-state index is 0.0100. The van der Waals surface area contributed by atoms with E-state index in [2.05, 4.69) is 9.97 Å². The molecule has 0 amide bonds. The van der Waals surface area contributed by atoms with Crippen molar-refractivity contribution in [3.05, 3.63) is 16.5 Å². The molecule has 3 aliphatic rings. The summed E-state index contributed by atoms with van der Waals surface area (Å²) in [6.45, 7) is 0. The van der Waals surface area contributed by atoms with E-state index >= 15 is 0 Å². The predicted molar refractivity (Wildman–Crippen MR) is 60.8 cm³/mol. The van der Waals surface area contributed by atoms with Crippen LogP contribution in [0, 0.1) is 5.41 Å². The van der Waals surface area contributed by atoms with Crippen molar-refractivity contribution < 1.29 is 13.6 Å². The quantitative estimate of drug-likeness (QED) is 0.677. The monoisotopic (exact) mass is 273 g/mol. The third-order valence-corrected chi connectivity index (χ3v) is 4.27.